The fourth-order valence-electron chi connectivity index (χ4n) is 1.21. The summed E-state index contributed by atoms with van der Waals surface area (Å²) in [7, 11) is 0. The third-order valence-electron chi connectivity index (χ3n) is 2.03. The summed E-state index contributed by atoms with van der Waals surface area (Å²) in [5, 5.41) is 0. The predicted octanol–water partition coefficient (Wildman–Crippen LogP) is 2.77. The van der Waals surface area contributed by atoms with Crippen LogP contribution in [0.2, 0.25) is 0 Å². The van der Waals surface area contributed by atoms with E-state index in [0.717, 1.165) is 19.6 Å². The molecule has 13 heavy (non-hydrogen) atoms. The van der Waals surface area contributed by atoms with Crippen molar-refractivity contribution in [2.75, 3.05) is 19.6 Å². The Morgan fingerprint density at radius 3 is 2.23 bits per heavy atom. The van der Waals surface area contributed by atoms with Gasteiger partial charge in [0.2, 0.25) is 0 Å². The molecule has 0 bridgehead atoms. The monoisotopic (exact) mass is 181 g/mol. The zero-order valence-corrected chi connectivity index (χ0v) is 9.56. The fraction of sp³-hybridized carbons (Fsp3) is 0.833. The molecule has 76 valence electrons. The van der Waals surface area contributed by atoms with Gasteiger partial charge in [-0.1, -0.05) is 33.6 Å². The summed E-state index contributed by atoms with van der Waals surface area (Å²) in [6.07, 6.45) is 7.71. The molecule has 0 aromatic rings. The molecular weight excluding hydrogens is 158 g/mol. The van der Waals surface area contributed by atoms with Crippen molar-refractivity contribution >= 4 is 0 Å². The van der Waals surface area contributed by atoms with E-state index in [4.69, 9.17) is 6.42 Å². The van der Waals surface area contributed by atoms with E-state index < -0.39 is 0 Å². The molecule has 0 N–H and O–H groups in total. The van der Waals surface area contributed by atoms with Crippen LogP contribution in [0.15, 0.2) is 0 Å². The van der Waals surface area contributed by atoms with Gasteiger partial charge in [0.25, 0.3) is 0 Å². The molecule has 0 rings (SSSR count). The second-order valence-electron chi connectivity index (χ2n) is 4.79. The lowest BCUT2D eigenvalue weighted by molar-refractivity contribution is 0.248. The van der Waals surface area contributed by atoms with Gasteiger partial charge in [-0.25, -0.2) is 0 Å². The normalized spacial score (nSPS) is 11.7. The van der Waals surface area contributed by atoms with Crippen molar-refractivity contribution < 1.29 is 0 Å². The quantitative estimate of drug-likeness (QED) is 0.589. The van der Waals surface area contributed by atoms with Crippen molar-refractivity contribution in [2.45, 2.75) is 40.5 Å². The minimum atomic E-state index is 0.417. The van der Waals surface area contributed by atoms with Gasteiger partial charge in [0.15, 0.2) is 0 Å². The molecule has 0 radical (unpaired) electrons. The highest BCUT2D eigenvalue weighted by molar-refractivity contribution is 4.88. The highest BCUT2D eigenvalue weighted by Crippen LogP contribution is 2.18. The van der Waals surface area contributed by atoms with E-state index in [1.165, 1.54) is 12.8 Å². The zero-order valence-electron chi connectivity index (χ0n) is 9.56. The Morgan fingerprint density at radius 1 is 1.23 bits per heavy atom. The molecule has 0 aliphatic rings. The molecule has 0 saturated carbocycles. The summed E-state index contributed by atoms with van der Waals surface area (Å²) >= 11 is 0. The molecule has 0 fully saturated rings. The van der Waals surface area contributed by atoms with Gasteiger partial charge in [0, 0.05) is 0 Å². The van der Waals surface area contributed by atoms with E-state index in [1.807, 2.05) is 0 Å². The Bertz CT molecular complexity index is 159. The topological polar surface area (TPSA) is 3.24 Å². The van der Waals surface area contributed by atoms with Gasteiger partial charge in [-0.05, 0) is 31.3 Å². The Kier molecular flexibility index (Phi) is 5.82. The molecule has 1 heteroatoms. The highest BCUT2D eigenvalue weighted by atomic mass is 15.1. The SMILES string of the molecule is C#CCN(CCC)CCC(C)(C)C. The Labute approximate surface area is 83.5 Å². The van der Waals surface area contributed by atoms with E-state index in [9.17, 15) is 0 Å². The first-order valence-electron chi connectivity index (χ1n) is 5.15. The summed E-state index contributed by atoms with van der Waals surface area (Å²) in [5.74, 6) is 2.71. The van der Waals surface area contributed by atoms with Gasteiger partial charge in [-0.15, -0.1) is 6.42 Å². The molecule has 0 aliphatic carbocycles. The molecule has 0 aliphatic heterocycles. The maximum Gasteiger partial charge on any atom is 0.0598 e. The largest absolute Gasteiger partial charge is 0.292 e. The van der Waals surface area contributed by atoms with Crippen LogP contribution in [0.25, 0.3) is 0 Å². The average molecular weight is 181 g/mol. The molecule has 0 atom stereocenters. The maximum atomic E-state index is 5.31. The van der Waals surface area contributed by atoms with Crippen molar-refractivity contribution in [1.29, 1.82) is 0 Å². The van der Waals surface area contributed by atoms with Crippen molar-refractivity contribution in [3.8, 4) is 12.3 Å². The van der Waals surface area contributed by atoms with Crippen LogP contribution >= 0.6 is 0 Å². The lowest BCUT2D eigenvalue weighted by Crippen LogP contribution is -2.28. The summed E-state index contributed by atoms with van der Waals surface area (Å²) in [5.41, 5.74) is 0.417. The first-order chi connectivity index (χ1) is 5.99. The van der Waals surface area contributed by atoms with Crippen molar-refractivity contribution in [3.63, 3.8) is 0 Å². The number of terminal acetylenes is 1. The minimum absolute atomic E-state index is 0.417. The Morgan fingerprint density at radius 2 is 1.85 bits per heavy atom. The van der Waals surface area contributed by atoms with E-state index in [2.05, 4.69) is 38.5 Å². The van der Waals surface area contributed by atoms with Crippen LogP contribution < -0.4 is 0 Å². The highest BCUT2D eigenvalue weighted by Gasteiger charge is 2.12. The van der Waals surface area contributed by atoms with Gasteiger partial charge in [-0.3, -0.25) is 4.90 Å². The van der Waals surface area contributed by atoms with Crippen LogP contribution in [-0.4, -0.2) is 24.5 Å². The lowest BCUT2D eigenvalue weighted by Gasteiger charge is -2.24. The Hall–Kier alpha value is -0.480. The summed E-state index contributed by atoms with van der Waals surface area (Å²) in [6.45, 7) is 12.1. The summed E-state index contributed by atoms with van der Waals surface area (Å²) in [4.78, 5) is 2.35. The van der Waals surface area contributed by atoms with Crippen LogP contribution in [0.1, 0.15) is 40.5 Å². The van der Waals surface area contributed by atoms with Gasteiger partial charge in [0.05, 0.1) is 6.54 Å². The molecule has 0 saturated heterocycles. The molecule has 0 unspecified atom stereocenters. The fourth-order valence-corrected chi connectivity index (χ4v) is 1.21. The zero-order chi connectivity index (χ0) is 10.3. The Balaban J connectivity index is 3.76. The van der Waals surface area contributed by atoms with Gasteiger partial charge in [-0.2, -0.15) is 0 Å². The number of rotatable bonds is 5. The van der Waals surface area contributed by atoms with E-state index in [1.54, 1.807) is 0 Å². The van der Waals surface area contributed by atoms with Crippen LogP contribution in [0.3, 0.4) is 0 Å². The van der Waals surface area contributed by atoms with Crippen molar-refractivity contribution in [1.82, 2.24) is 4.90 Å². The minimum Gasteiger partial charge on any atom is -0.292 e. The second kappa shape index (κ2) is 6.05. The predicted molar refractivity (Wildman–Crippen MR) is 59.6 cm³/mol. The van der Waals surface area contributed by atoms with Gasteiger partial charge in [0.1, 0.15) is 0 Å². The molecule has 1 nitrogen and oxygen atoms in total. The smallest absolute Gasteiger partial charge is 0.0598 e. The molecule has 0 aromatic heterocycles. The second-order valence-corrected chi connectivity index (χ2v) is 4.79. The van der Waals surface area contributed by atoms with Crippen molar-refractivity contribution in [2.24, 2.45) is 5.41 Å². The summed E-state index contributed by atoms with van der Waals surface area (Å²) in [6, 6.07) is 0. The number of hydrogen-bond donors (Lipinski definition) is 0. The van der Waals surface area contributed by atoms with Crippen LogP contribution in [0.5, 0.6) is 0 Å². The van der Waals surface area contributed by atoms with Crippen LogP contribution in [0.4, 0.5) is 0 Å². The first-order valence-corrected chi connectivity index (χ1v) is 5.15. The number of nitrogens with zero attached hydrogens (tertiary/aromatic N) is 1. The van der Waals surface area contributed by atoms with Gasteiger partial charge < -0.3 is 0 Å². The molecule has 0 aromatic carbocycles. The van der Waals surface area contributed by atoms with Gasteiger partial charge >= 0.3 is 0 Å². The average Bonchev–Trinajstić information content (AvgIpc) is 2.00. The molecule has 0 amide bonds. The van der Waals surface area contributed by atoms with E-state index in [-0.39, 0.29) is 0 Å². The standard InChI is InChI=1S/C12H23N/c1-6-9-13(10-7-2)11-8-12(3,4)5/h1H,7-11H2,2-5H3. The number of hydrogen-bond acceptors (Lipinski definition) is 1. The molecule has 0 heterocycles. The van der Waals surface area contributed by atoms with E-state index in [0.29, 0.717) is 5.41 Å². The van der Waals surface area contributed by atoms with Crippen LogP contribution in [-0.2, 0) is 0 Å². The lowest BCUT2D eigenvalue weighted by atomic mass is 9.92. The van der Waals surface area contributed by atoms with E-state index >= 15 is 0 Å². The molecular formula is C12H23N. The first kappa shape index (κ1) is 12.5. The maximum absolute atomic E-state index is 5.31. The third-order valence-corrected chi connectivity index (χ3v) is 2.03. The molecule has 0 spiro atoms. The van der Waals surface area contributed by atoms with Crippen LogP contribution in [0, 0.1) is 17.8 Å². The third kappa shape index (κ3) is 7.87. The van der Waals surface area contributed by atoms with Crippen molar-refractivity contribution in [3.05, 3.63) is 0 Å². The summed E-state index contributed by atoms with van der Waals surface area (Å²) < 4.78 is 0.